The highest BCUT2D eigenvalue weighted by Gasteiger charge is 2.58. The minimum absolute atomic E-state index is 0.00868. The number of amides is 1. The average molecular weight is 600 g/mol. The van der Waals surface area contributed by atoms with Gasteiger partial charge in [-0.1, -0.05) is 0 Å². The molecule has 4 heterocycles. The Balaban J connectivity index is 1.32. The van der Waals surface area contributed by atoms with Gasteiger partial charge in [-0.2, -0.15) is 17.5 Å². The molecule has 8 nitrogen and oxygen atoms in total. The van der Waals surface area contributed by atoms with E-state index in [1.807, 2.05) is 0 Å². The van der Waals surface area contributed by atoms with Crippen LogP contribution in [0.25, 0.3) is 11.3 Å². The molecule has 3 aromatic rings. The fraction of sp³-hybridized carbons (Fsp3) is 0.304. The summed E-state index contributed by atoms with van der Waals surface area (Å²) in [4.78, 5) is 23.9. The van der Waals surface area contributed by atoms with Crippen LogP contribution in [0.1, 0.15) is 24.2 Å². The maximum atomic E-state index is 13.3. The van der Waals surface area contributed by atoms with Gasteiger partial charge < -0.3 is 5.32 Å². The molecular weight excluding hydrogens is 582 g/mol. The summed E-state index contributed by atoms with van der Waals surface area (Å²) in [5.74, 6) is -2.43. The van der Waals surface area contributed by atoms with Crippen LogP contribution in [0.15, 0.2) is 58.3 Å². The topological polar surface area (TPSA) is 105 Å². The second-order valence-corrected chi connectivity index (χ2v) is 11.5. The third-order valence-corrected chi connectivity index (χ3v) is 9.14. The second-order valence-electron chi connectivity index (χ2n) is 8.79. The molecule has 1 saturated carbocycles. The first kappa shape index (κ1) is 25.7. The van der Waals surface area contributed by atoms with E-state index in [0.717, 1.165) is 24.5 Å². The number of carbonyl (C=O) groups excluding carboxylic acids is 1. The highest BCUT2D eigenvalue weighted by atomic mass is 79.9. The van der Waals surface area contributed by atoms with Crippen LogP contribution in [0.2, 0.25) is 0 Å². The maximum absolute atomic E-state index is 13.3. The third kappa shape index (κ3) is 4.84. The summed E-state index contributed by atoms with van der Waals surface area (Å²) in [7, 11) is -4.01. The number of nitrogens with zero attached hydrogens (tertiary/aromatic N) is 4. The molecule has 1 N–H and O–H groups in total. The number of halogens is 5. The Kier molecular flexibility index (Phi) is 6.52. The molecule has 3 fully saturated rings. The van der Waals surface area contributed by atoms with E-state index >= 15 is 0 Å². The lowest BCUT2D eigenvalue weighted by Crippen LogP contribution is -2.46. The molecular formula is C23H18BrF4N5O3S. The van der Waals surface area contributed by atoms with Crippen LogP contribution in [-0.2, 0) is 27.5 Å². The van der Waals surface area contributed by atoms with Gasteiger partial charge in [0.2, 0.25) is 21.8 Å². The van der Waals surface area contributed by atoms with E-state index in [-0.39, 0.29) is 29.0 Å². The van der Waals surface area contributed by atoms with Gasteiger partial charge in [-0.05, 0) is 70.6 Å². The first-order chi connectivity index (χ1) is 17.4. The van der Waals surface area contributed by atoms with Crippen molar-refractivity contribution in [2.24, 2.45) is 5.92 Å². The summed E-state index contributed by atoms with van der Waals surface area (Å²) < 4.78 is 79.8. The molecule has 2 aliphatic heterocycles. The number of sulfonamides is 1. The molecule has 0 unspecified atom stereocenters. The third-order valence-electron chi connectivity index (χ3n) is 6.48. The Morgan fingerprint density at radius 3 is 2.35 bits per heavy atom. The lowest BCUT2D eigenvalue weighted by atomic mass is 9.83. The van der Waals surface area contributed by atoms with Crippen molar-refractivity contribution in [1.82, 2.24) is 24.6 Å². The van der Waals surface area contributed by atoms with E-state index in [1.165, 1.54) is 22.6 Å². The Labute approximate surface area is 217 Å². The molecule has 2 saturated heterocycles. The number of hydrogen-bond donors (Lipinski definition) is 1. The standard InChI is InChI=1S/C23H18BrF4N5O3S/c24-18-11-29-19(14-9-31-22(32-10-14)23(26,27)28)7-13(18)8-30-21(34)20-12-5-16(6-12)33(20)37(35,36)17-3-1-15(25)2-4-17/h1-4,7,9-12,16,20H,5-6,8H2,(H,30,34)/t12?,16?,20-/m0/s1. The molecule has 6 rings (SSSR count). The number of carbonyl (C=O) groups is 1. The summed E-state index contributed by atoms with van der Waals surface area (Å²) in [6.07, 6.45) is -0.0753. The van der Waals surface area contributed by atoms with E-state index in [0.29, 0.717) is 28.6 Å². The minimum Gasteiger partial charge on any atom is -0.351 e. The quantitative estimate of drug-likeness (QED) is 0.431. The van der Waals surface area contributed by atoms with Crippen LogP contribution in [0.5, 0.6) is 0 Å². The summed E-state index contributed by atoms with van der Waals surface area (Å²) in [5.41, 5.74) is 1.11. The number of pyridine rings is 1. The van der Waals surface area contributed by atoms with E-state index in [2.05, 4.69) is 36.2 Å². The molecule has 1 aliphatic carbocycles. The van der Waals surface area contributed by atoms with E-state index in [1.54, 1.807) is 6.07 Å². The molecule has 2 aromatic heterocycles. The number of rotatable bonds is 6. The predicted octanol–water partition coefficient (Wildman–Crippen LogP) is 3.93. The molecule has 0 spiro atoms. The van der Waals surface area contributed by atoms with Gasteiger partial charge in [-0.3, -0.25) is 9.78 Å². The highest BCUT2D eigenvalue weighted by molar-refractivity contribution is 9.10. The van der Waals surface area contributed by atoms with Crippen molar-refractivity contribution in [1.29, 1.82) is 0 Å². The normalized spacial score (nSPS) is 21.5. The minimum atomic E-state index is -4.67. The molecule has 2 bridgehead atoms. The van der Waals surface area contributed by atoms with Gasteiger partial charge in [0.25, 0.3) is 0 Å². The van der Waals surface area contributed by atoms with Crippen molar-refractivity contribution in [2.45, 2.75) is 42.5 Å². The molecule has 1 atom stereocenters. The average Bonchev–Trinajstić information content (AvgIpc) is 3.41. The SMILES string of the molecule is O=C(NCc1cc(-c2cnc(C(F)(F)F)nc2)ncc1Br)[C@@H]1C2CC(C2)N1S(=O)(=O)c1ccc(F)cc1. The van der Waals surface area contributed by atoms with Crippen LogP contribution in [0.4, 0.5) is 17.6 Å². The zero-order valence-electron chi connectivity index (χ0n) is 18.8. The Bertz CT molecular complexity index is 1450. The fourth-order valence-electron chi connectivity index (χ4n) is 4.60. The highest BCUT2D eigenvalue weighted by Crippen LogP contribution is 2.48. The maximum Gasteiger partial charge on any atom is 0.451 e. The summed E-state index contributed by atoms with van der Waals surface area (Å²) in [6, 6.07) is 4.84. The van der Waals surface area contributed by atoms with Crippen molar-refractivity contribution < 1.29 is 30.8 Å². The number of fused-ring (bicyclic) bond motifs is 1. The van der Waals surface area contributed by atoms with Crippen LogP contribution >= 0.6 is 15.9 Å². The molecule has 1 aromatic carbocycles. The molecule has 1 amide bonds. The van der Waals surface area contributed by atoms with Crippen molar-refractivity contribution in [3.05, 3.63) is 70.6 Å². The largest absolute Gasteiger partial charge is 0.451 e. The van der Waals surface area contributed by atoms with E-state index in [9.17, 15) is 30.8 Å². The van der Waals surface area contributed by atoms with Gasteiger partial charge in [-0.25, -0.2) is 22.8 Å². The lowest BCUT2D eigenvalue weighted by Gasteiger charge is -2.25. The molecule has 37 heavy (non-hydrogen) atoms. The fourth-order valence-corrected chi connectivity index (χ4v) is 6.81. The van der Waals surface area contributed by atoms with Crippen molar-refractivity contribution in [3.8, 4) is 11.3 Å². The molecule has 3 aliphatic rings. The summed E-state index contributed by atoms with van der Waals surface area (Å²) in [6.45, 7) is 0.00868. The van der Waals surface area contributed by atoms with Crippen molar-refractivity contribution >= 4 is 31.9 Å². The number of nitrogens with one attached hydrogen (secondary N) is 1. The summed E-state index contributed by atoms with van der Waals surface area (Å²) in [5, 5.41) is 2.77. The lowest BCUT2D eigenvalue weighted by molar-refractivity contribution is -0.145. The van der Waals surface area contributed by atoms with Crippen LogP contribution in [0, 0.1) is 11.7 Å². The first-order valence-electron chi connectivity index (χ1n) is 11.1. The van der Waals surface area contributed by atoms with E-state index in [4.69, 9.17) is 0 Å². The van der Waals surface area contributed by atoms with Gasteiger partial charge in [-0.15, -0.1) is 0 Å². The monoisotopic (exact) mass is 599 g/mol. The van der Waals surface area contributed by atoms with Gasteiger partial charge in [0.05, 0.1) is 10.6 Å². The molecule has 194 valence electrons. The Morgan fingerprint density at radius 1 is 1.08 bits per heavy atom. The predicted molar refractivity (Wildman–Crippen MR) is 126 cm³/mol. The van der Waals surface area contributed by atoms with Gasteiger partial charge in [0.15, 0.2) is 0 Å². The van der Waals surface area contributed by atoms with Gasteiger partial charge >= 0.3 is 6.18 Å². The molecule has 14 heteroatoms. The number of alkyl halides is 3. The van der Waals surface area contributed by atoms with Crippen LogP contribution in [-0.4, -0.2) is 45.7 Å². The van der Waals surface area contributed by atoms with E-state index < -0.39 is 39.8 Å². The Hall–Kier alpha value is -2.97. The first-order valence-corrected chi connectivity index (χ1v) is 13.3. The zero-order chi connectivity index (χ0) is 26.5. The number of hydrogen-bond acceptors (Lipinski definition) is 6. The van der Waals surface area contributed by atoms with Crippen LogP contribution < -0.4 is 5.32 Å². The second kappa shape index (κ2) is 9.40. The number of aromatic nitrogens is 3. The van der Waals surface area contributed by atoms with Gasteiger partial charge in [0, 0.05) is 41.2 Å². The van der Waals surface area contributed by atoms with Crippen molar-refractivity contribution in [3.63, 3.8) is 0 Å². The van der Waals surface area contributed by atoms with Crippen molar-refractivity contribution in [2.75, 3.05) is 0 Å². The molecule has 0 radical (unpaired) electrons. The van der Waals surface area contributed by atoms with Crippen LogP contribution in [0.3, 0.4) is 0 Å². The smallest absolute Gasteiger partial charge is 0.351 e. The number of benzene rings is 1. The summed E-state index contributed by atoms with van der Waals surface area (Å²) >= 11 is 3.34. The van der Waals surface area contributed by atoms with Gasteiger partial charge in [0.1, 0.15) is 11.9 Å². The zero-order valence-corrected chi connectivity index (χ0v) is 21.2. The Morgan fingerprint density at radius 2 is 1.73 bits per heavy atom.